The van der Waals surface area contributed by atoms with Crippen LogP contribution in [0.3, 0.4) is 0 Å². The molecule has 16 heavy (non-hydrogen) atoms. The predicted molar refractivity (Wildman–Crippen MR) is 61.0 cm³/mol. The van der Waals surface area contributed by atoms with Crippen LogP contribution in [0.2, 0.25) is 0 Å². The zero-order chi connectivity index (χ0) is 12.2. The number of likely N-dealkylation sites (N-methyl/N-ethyl adjacent to an activating group) is 1. The number of aliphatic hydroxyl groups is 1. The Labute approximate surface area is 95.2 Å². The van der Waals surface area contributed by atoms with Crippen molar-refractivity contribution in [3.8, 4) is 0 Å². The summed E-state index contributed by atoms with van der Waals surface area (Å²) in [4.78, 5) is 11.6. The normalized spacial score (nSPS) is 13.2. The van der Waals surface area contributed by atoms with Crippen molar-refractivity contribution in [1.29, 1.82) is 0 Å². The first kappa shape index (κ1) is 12.7. The second-order valence-electron chi connectivity index (χ2n) is 4.10. The van der Waals surface area contributed by atoms with Gasteiger partial charge < -0.3 is 15.2 Å². The van der Waals surface area contributed by atoms with Crippen molar-refractivity contribution in [2.75, 3.05) is 7.05 Å². The maximum absolute atomic E-state index is 11.6. The summed E-state index contributed by atoms with van der Waals surface area (Å²) in [5.41, 5.74) is -0.252. The number of ether oxygens (including phenoxy) is 1. The summed E-state index contributed by atoms with van der Waals surface area (Å²) >= 11 is 0. The highest BCUT2D eigenvalue weighted by Crippen LogP contribution is 2.12. The van der Waals surface area contributed by atoms with Crippen molar-refractivity contribution in [1.82, 2.24) is 5.32 Å². The monoisotopic (exact) mass is 223 g/mol. The quantitative estimate of drug-likeness (QED) is 0.594. The molecular formula is C12H17NO3. The minimum atomic E-state index is -1.19. The van der Waals surface area contributed by atoms with Gasteiger partial charge in [-0.2, -0.15) is 0 Å². The van der Waals surface area contributed by atoms with E-state index in [4.69, 9.17) is 4.74 Å². The fourth-order valence-corrected chi connectivity index (χ4v) is 1.01. The summed E-state index contributed by atoms with van der Waals surface area (Å²) in [6, 6.07) is 8.58. The van der Waals surface area contributed by atoms with E-state index < -0.39 is 17.8 Å². The van der Waals surface area contributed by atoms with Gasteiger partial charge in [-0.1, -0.05) is 18.2 Å². The molecule has 0 bridgehead atoms. The van der Waals surface area contributed by atoms with Crippen LogP contribution in [0.4, 0.5) is 0 Å². The van der Waals surface area contributed by atoms with Crippen LogP contribution < -0.4 is 5.32 Å². The Balaban J connectivity index is 2.66. The summed E-state index contributed by atoms with van der Waals surface area (Å²) in [5, 5.41) is 12.6. The highest BCUT2D eigenvalue weighted by Gasteiger charge is 2.29. The standard InChI is InChI=1S/C12H17NO3/c1-12(2,13-3)11(15)16-10(14)9-7-5-4-6-8-9/h4-8,11,13,15H,1-3H3. The highest BCUT2D eigenvalue weighted by atomic mass is 16.6. The van der Waals surface area contributed by atoms with Gasteiger partial charge in [-0.15, -0.1) is 0 Å². The minimum absolute atomic E-state index is 0.424. The zero-order valence-corrected chi connectivity index (χ0v) is 9.73. The molecule has 1 unspecified atom stereocenters. The zero-order valence-electron chi connectivity index (χ0n) is 9.73. The minimum Gasteiger partial charge on any atom is -0.430 e. The van der Waals surface area contributed by atoms with Crippen LogP contribution in [0.5, 0.6) is 0 Å². The summed E-state index contributed by atoms with van der Waals surface area (Å²) in [5.74, 6) is -0.531. The van der Waals surface area contributed by atoms with Crippen LogP contribution in [0.15, 0.2) is 30.3 Å². The molecule has 0 radical (unpaired) electrons. The first-order valence-corrected chi connectivity index (χ1v) is 5.10. The molecule has 0 saturated carbocycles. The third-order valence-electron chi connectivity index (χ3n) is 2.49. The fourth-order valence-electron chi connectivity index (χ4n) is 1.01. The third-order valence-corrected chi connectivity index (χ3v) is 2.49. The number of hydrogen-bond acceptors (Lipinski definition) is 4. The van der Waals surface area contributed by atoms with E-state index in [1.54, 1.807) is 45.2 Å². The first-order chi connectivity index (χ1) is 7.47. The average molecular weight is 223 g/mol. The van der Waals surface area contributed by atoms with Crippen molar-refractivity contribution >= 4 is 5.97 Å². The van der Waals surface area contributed by atoms with Gasteiger partial charge in [-0.25, -0.2) is 4.79 Å². The van der Waals surface area contributed by atoms with Crippen molar-refractivity contribution in [2.45, 2.75) is 25.7 Å². The van der Waals surface area contributed by atoms with E-state index in [0.29, 0.717) is 5.56 Å². The van der Waals surface area contributed by atoms with Crippen molar-refractivity contribution in [3.05, 3.63) is 35.9 Å². The van der Waals surface area contributed by atoms with Gasteiger partial charge in [-0.3, -0.25) is 0 Å². The molecule has 1 rings (SSSR count). The molecule has 4 heteroatoms. The lowest BCUT2D eigenvalue weighted by Gasteiger charge is -2.29. The maximum Gasteiger partial charge on any atom is 0.340 e. The van der Waals surface area contributed by atoms with Crippen molar-refractivity contribution in [3.63, 3.8) is 0 Å². The Morgan fingerprint density at radius 1 is 1.38 bits per heavy atom. The van der Waals surface area contributed by atoms with Crippen LogP contribution >= 0.6 is 0 Å². The van der Waals surface area contributed by atoms with Crippen LogP contribution in [0.25, 0.3) is 0 Å². The topological polar surface area (TPSA) is 58.6 Å². The van der Waals surface area contributed by atoms with E-state index in [1.165, 1.54) is 0 Å². The Hall–Kier alpha value is -1.39. The lowest BCUT2D eigenvalue weighted by atomic mass is 10.1. The number of aliphatic hydroxyl groups excluding tert-OH is 1. The fraction of sp³-hybridized carbons (Fsp3) is 0.417. The van der Waals surface area contributed by atoms with E-state index >= 15 is 0 Å². The van der Waals surface area contributed by atoms with Gasteiger partial charge in [0.15, 0.2) is 0 Å². The Kier molecular flexibility index (Phi) is 4.04. The summed E-state index contributed by atoms with van der Waals surface area (Å²) in [7, 11) is 1.69. The summed E-state index contributed by atoms with van der Waals surface area (Å²) in [6.45, 7) is 3.49. The molecular weight excluding hydrogens is 206 g/mol. The maximum atomic E-state index is 11.6. The van der Waals surface area contributed by atoms with E-state index in [2.05, 4.69) is 5.32 Å². The molecule has 0 heterocycles. The molecule has 0 aliphatic carbocycles. The largest absolute Gasteiger partial charge is 0.430 e. The Bertz CT molecular complexity index is 349. The molecule has 1 aromatic carbocycles. The van der Waals surface area contributed by atoms with Gasteiger partial charge in [0.1, 0.15) is 0 Å². The lowest BCUT2D eigenvalue weighted by Crippen LogP contribution is -2.49. The molecule has 0 spiro atoms. The summed E-state index contributed by atoms with van der Waals surface area (Å²) < 4.78 is 4.95. The van der Waals surface area contributed by atoms with Gasteiger partial charge in [0.05, 0.1) is 11.1 Å². The second-order valence-corrected chi connectivity index (χ2v) is 4.10. The first-order valence-electron chi connectivity index (χ1n) is 5.10. The van der Waals surface area contributed by atoms with Crippen LogP contribution in [-0.4, -0.2) is 30.0 Å². The SMILES string of the molecule is CNC(C)(C)C(O)OC(=O)c1ccccc1. The number of hydrogen-bond donors (Lipinski definition) is 2. The number of nitrogens with one attached hydrogen (secondary N) is 1. The molecule has 1 aromatic rings. The van der Waals surface area contributed by atoms with E-state index in [0.717, 1.165) is 0 Å². The van der Waals surface area contributed by atoms with Gasteiger partial charge in [0.25, 0.3) is 0 Å². The second kappa shape index (κ2) is 5.09. The van der Waals surface area contributed by atoms with Crippen molar-refractivity contribution < 1.29 is 14.6 Å². The van der Waals surface area contributed by atoms with Crippen molar-refractivity contribution in [2.24, 2.45) is 0 Å². The molecule has 0 saturated heterocycles. The number of carbonyl (C=O) groups excluding carboxylic acids is 1. The molecule has 88 valence electrons. The van der Waals surface area contributed by atoms with Gasteiger partial charge >= 0.3 is 5.97 Å². The van der Waals surface area contributed by atoms with Crippen LogP contribution in [0, 0.1) is 0 Å². The van der Waals surface area contributed by atoms with E-state index in [1.807, 2.05) is 6.07 Å². The molecule has 0 aromatic heterocycles. The number of rotatable bonds is 4. The molecule has 4 nitrogen and oxygen atoms in total. The average Bonchev–Trinajstić information content (AvgIpc) is 2.30. The van der Waals surface area contributed by atoms with Crippen LogP contribution in [-0.2, 0) is 4.74 Å². The molecule has 0 aliphatic heterocycles. The predicted octanol–water partition coefficient (Wildman–Crippen LogP) is 1.16. The molecule has 0 fully saturated rings. The lowest BCUT2D eigenvalue weighted by molar-refractivity contribution is -0.107. The number of benzene rings is 1. The van der Waals surface area contributed by atoms with E-state index in [9.17, 15) is 9.90 Å². The highest BCUT2D eigenvalue weighted by molar-refractivity contribution is 5.89. The molecule has 0 amide bonds. The molecule has 0 aliphatic rings. The molecule has 1 atom stereocenters. The third kappa shape index (κ3) is 3.05. The van der Waals surface area contributed by atoms with Gasteiger partial charge in [0, 0.05) is 0 Å². The number of carbonyl (C=O) groups is 1. The van der Waals surface area contributed by atoms with Gasteiger partial charge in [-0.05, 0) is 33.0 Å². The summed E-state index contributed by atoms with van der Waals surface area (Å²) in [6.07, 6.45) is -1.19. The van der Waals surface area contributed by atoms with Crippen LogP contribution in [0.1, 0.15) is 24.2 Å². The van der Waals surface area contributed by atoms with E-state index in [-0.39, 0.29) is 0 Å². The number of esters is 1. The Morgan fingerprint density at radius 3 is 2.44 bits per heavy atom. The smallest absolute Gasteiger partial charge is 0.340 e. The van der Waals surface area contributed by atoms with Gasteiger partial charge in [0.2, 0.25) is 6.29 Å². The Morgan fingerprint density at radius 2 is 1.94 bits per heavy atom. The molecule has 2 N–H and O–H groups in total.